The highest BCUT2D eigenvalue weighted by molar-refractivity contribution is 7.84. The molecule has 1 N–H and O–H groups in total. The summed E-state index contributed by atoms with van der Waals surface area (Å²) >= 11 is 0. The van der Waals surface area contributed by atoms with Gasteiger partial charge in [-0.25, -0.2) is 0 Å². The van der Waals surface area contributed by atoms with E-state index >= 15 is 0 Å². The number of rotatable bonds is 15. The van der Waals surface area contributed by atoms with Crippen molar-refractivity contribution in [3.8, 4) is 0 Å². The highest BCUT2D eigenvalue weighted by Gasteiger charge is 2.47. The largest absolute Gasteiger partial charge is 0.378 e. The molecule has 1 fully saturated rings. The van der Waals surface area contributed by atoms with E-state index in [0.717, 1.165) is 22.3 Å². The monoisotopic (exact) mass is 629 g/mol. The number of hydrogen-bond acceptors (Lipinski definition) is 6. The molecular weight excluding hydrogens is 590 g/mol. The minimum Gasteiger partial charge on any atom is -0.376 e. The van der Waals surface area contributed by atoms with Gasteiger partial charge in [-0.1, -0.05) is 121 Å². The van der Waals surface area contributed by atoms with Gasteiger partial charge in [-0.05, 0) is 28.7 Å². The van der Waals surface area contributed by atoms with Gasteiger partial charge in [0, 0.05) is 18.1 Å². The van der Waals surface area contributed by atoms with Crippen LogP contribution in [0.25, 0.3) is 0 Å². The number of benzene rings is 4. The molecule has 0 heterocycles. The zero-order chi connectivity index (χ0) is 31.3. The maximum atomic E-state index is 11.7. The quantitative estimate of drug-likeness (QED) is 0.119. The van der Waals surface area contributed by atoms with Crippen LogP contribution in [0.3, 0.4) is 0 Å². The van der Waals surface area contributed by atoms with Crippen LogP contribution in [0.2, 0.25) is 0 Å². The van der Waals surface area contributed by atoms with Crippen LogP contribution < -0.4 is 0 Å². The summed E-state index contributed by atoms with van der Waals surface area (Å²) in [5.41, 5.74) is 4.00. The maximum absolute atomic E-state index is 11.7. The second-order valence-corrected chi connectivity index (χ2v) is 12.2. The van der Waals surface area contributed by atoms with Gasteiger partial charge in [0.25, 0.3) is 0 Å². The molecule has 1 aliphatic carbocycles. The summed E-state index contributed by atoms with van der Waals surface area (Å²) in [6.45, 7) is 1.59. The van der Waals surface area contributed by atoms with Crippen molar-refractivity contribution in [3.63, 3.8) is 0 Å². The molecule has 0 aromatic heterocycles. The molecule has 5 rings (SSSR count). The smallest absolute Gasteiger partial charge is 0.376 e. The van der Waals surface area contributed by atoms with Crippen molar-refractivity contribution < 1.29 is 31.9 Å². The van der Waals surface area contributed by atoms with Gasteiger partial charge >= 0.3 is 10.3 Å². The van der Waals surface area contributed by atoms with E-state index in [-0.39, 0.29) is 12.5 Å². The Morgan fingerprint density at radius 3 is 1.51 bits per heavy atom. The second kappa shape index (κ2) is 16.6. The molecule has 8 nitrogen and oxygen atoms in total. The Bertz CT molecular complexity index is 1550. The summed E-state index contributed by atoms with van der Waals surface area (Å²) in [5.74, 6) is -0.818. The van der Waals surface area contributed by atoms with E-state index in [9.17, 15) is 13.0 Å². The maximum Gasteiger partial charge on any atom is 0.378 e. The molecule has 4 aromatic carbocycles. The van der Waals surface area contributed by atoms with E-state index in [0.29, 0.717) is 32.8 Å². The first-order valence-electron chi connectivity index (χ1n) is 15.1. The van der Waals surface area contributed by atoms with Crippen molar-refractivity contribution >= 4 is 16.5 Å². The summed E-state index contributed by atoms with van der Waals surface area (Å²) in [6.07, 6.45) is 0.126. The van der Waals surface area contributed by atoms with Crippen molar-refractivity contribution in [2.75, 3.05) is 6.61 Å². The van der Waals surface area contributed by atoms with Gasteiger partial charge < -0.3 is 18.9 Å². The molecule has 45 heavy (non-hydrogen) atoms. The molecule has 9 heteroatoms. The molecule has 0 saturated heterocycles. The molecule has 5 atom stereocenters. The van der Waals surface area contributed by atoms with Gasteiger partial charge in [0.2, 0.25) is 0 Å². The van der Waals surface area contributed by atoms with Crippen molar-refractivity contribution in [1.82, 2.24) is 0 Å². The van der Waals surface area contributed by atoms with E-state index in [1.807, 2.05) is 121 Å². The minimum atomic E-state index is -4.60. The van der Waals surface area contributed by atoms with Gasteiger partial charge in [0.05, 0.1) is 45.2 Å². The van der Waals surface area contributed by atoms with E-state index in [1.165, 1.54) is 6.21 Å². The van der Waals surface area contributed by atoms with Gasteiger partial charge in [0.1, 0.15) is 6.10 Å². The topological polar surface area (TPSA) is 104 Å². The first kappa shape index (κ1) is 32.7. The zero-order valence-electron chi connectivity index (χ0n) is 25.0. The Balaban J connectivity index is 1.46. The minimum absolute atomic E-state index is 0.243. The van der Waals surface area contributed by atoms with Crippen molar-refractivity contribution in [3.05, 3.63) is 144 Å². The van der Waals surface area contributed by atoms with Gasteiger partial charge in [-0.2, -0.15) is 12.8 Å². The SMILES string of the molecule is O=S(=O)(O)N=CC1C[C@H](OCc2ccccc2)[C@@H](OCc2ccccc2)[C@H](OCc2ccccc2)[C@H]1COCc1ccccc1. The molecule has 236 valence electrons. The Labute approximate surface area is 265 Å². The summed E-state index contributed by atoms with van der Waals surface area (Å²) in [5, 5.41) is 0. The summed E-state index contributed by atoms with van der Waals surface area (Å²) in [7, 11) is -4.60. The number of hydrogen-bond donors (Lipinski definition) is 1. The van der Waals surface area contributed by atoms with Crippen LogP contribution in [-0.2, 0) is 55.7 Å². The van der Waals surface area contributed by atoms with Crippen LogP contribution >= 0.6 is 0 Å². The van der Waals surface area contributed by atoms with Crippen molar-refractivity contribution in [1.29, 1.82) is 0 Å². The zero-order valence-corrected chi connectivity index (χ0v) is 25.8. The lowest BCUT2D eigenvalue weighted by Gasteiger charge is -2.45. The lowest BCUT2D eigenvalue weighted by atomic mass is 9.74. The van der Waals surface area contributed by atoms with Crippen LogP contribution in [0.5, 0.6) is 0 Å². The standard InChI is InChI=1S/C36H39NO7S/c38-45(39,40)37-22-32-21-34(42-24-29-15-7-2-8-16-29)36(44-26-31-19-11-4-12-20-31)35(43-25-30-17-9-3-10-18-30)33(32)27-41-23-28-13-5-1-6-14-28/h1-20,22,32-36H,21,23-27H2,(H,38,39,40)/t32?,33-,34-,35+,36+/m0/s1. The van der Waals surface area contributed by atoms with E-state index in [1.54, 1.807) is 0 Å². The summed E-state index contributed by atoms with van der Waals surface area (Å²) in [6, 6.07) is 39.4. The van der Waals surface area contributed by atoms with Crippen molar-refractivity contribution in [2.24, 2.45) is 16.2 Å². The van der Waals surface area contributed by atoms with E-state index in [2.05, 4.69) is 4.40 Å². The highest BCUT2D eigenvalue weighted by Crippen LogP contribution is 2.37. The molecule has 0 amide bonds. The van der Waals surface area contributed by atoms with Gasteiger partial charge in [-0.15, -0.1) is 0 Å². The Morgan fingerprint density at radius 1 is 0.622 bits per heavy atom. The molecule has 0 aliphatic heterocycles. The molecule has 4 aromatic rings. The molecule has 0 spiro atoms. The lowest BCUT2D eigenvalue weighted by Crippen LogP contribution is -2.55. The third-order valence-electron chi connectivity index (χ3n) is 7.85. The van der Waals surface area contributed by atoms with Crippen molar-refractivity contribution in [2.45, 2.75) is 51.2 Å². The first-order chi connectivity index (χ1) is 21.9. The molecule has 1 aliphatic rings. The number of nitrogens with zero attached hydrogens (tertiary/aromatic N) is 1. The van der Waals surface area contributed by atoms with Crippen LogP contribution in [0.4, 0.5) is 0 Å². The second-order valence-electron chi connectivity index (χ2n) is 11.1. The summed E-state index contributed by atoms with van der Waals surface area (Å²) < 4.78 is 62.5. The Morgan fingerprint density at radius 2 is 1.04 bits per heavy atom. The highest BCUT2D eigenvalue weighted by atomic mass is 32.2. The fourth-order valence-electron chi connectivity index (χ4n) is 5.60. The van der Waals surface area contributed by atoms with E-state index < -0.39 is 34.5 Å². The summed E-state index contributed by atoms with van der Waals surface area (Å²) in [4.78, 5) is 0. The Kier molecular flexibility index (Phi) is 12.0. The van der Waals surface area contributed by atoms with Crippen LogP contribution in [0.1, 0.15) is 28.7 Å². The van der Waals surface area contributed by atoms with Gasteiger partial charge in [-0.3, -0.25) is 4.55 Å². The number of ether oxygens (including phenoxy) is 4. The molecule has 0 radical (unpaired) electrons. The predicted octanol–water partition coefficient (Wildman–Crippen LogP) is 6.47. The molecule has 1 saturated carbocycles. The lowest BCUT2D eigenvalue weighted by molar-refractivity contribution is -0.201. The first-order valence-corrected chi connectivity index (χ1v) is 16.5. The molecule has 0 bridgehead atoms. The average Bonchev–Trinajstić information content (AvgIpc) is 3.07. The van der Waals surface area contributed by atoms with Crippen LogP contribution in [0.15, 0.2) is 126 Å². The third-order valence-corrected chi connectivity index (χ3v) is 8.24. The van der Waals surface area contributed by atoms with Crippen LogP contribution in [0, 0.1) is 11.8 Å². The average molecular weight is 630 g/mol. The fraction of sp³-hybridized carbons (Fsp3) is 0.306. The van der Waals surface area contributed by atoms with Gasteiger partial charge in [0.15, 0.2) is 0 Å². The fourth-order valence-corrected chi connectivity index (χ4v) is 5.91. The van der Waals surface area contributed by atoms with Crippen LogP contribution in [-0.4, -0.2) is 44.1 Å². The normalized spacial score (nSPS) is 22.0. The molecular formula is C36H39NO7S. The predicted molar refractivity (Wildman–Crippen MR) is 173 cm³/mol. The van der Waals surface area contributed by atoms with E-state index in [4.69, 9.17) is 18.9 Å². The molecule has 1 unspecified atom stereocenters. The third kappa shape index (κ3) is 10.4. The Hall–Kier alpha value is -3.70.